The Bertz CT molecular complexity index is 858. The first kappa shape index (κ1) is 17.0. The molecule has 0 radical (unpaired) electrons. The zero-order valence-corrected chi connectivity index (χ0v) is 14.6. The maximum atomic E-state index is 12.2. The van der Waals surface area contributed by atoms with Crippen LogP contribution in [0.2, 0.25) is 0 Å². The van der Waals surface area contributed by atoms with Crippen molar-refractivity contribution in [1.29, 1.82) is 0 Å². The summed E-state index contributed by atoms with van der Waals surface area (Å²) in [5, 5.41) is 1.95. The van der Waals surface area contributed by atoms with Crippen LogP contribution in [0.4, 0.5) is 0 Å². The van der Waals surface area contributed by atoms with Crippen molar-refractivity contribution in [3.8, 4) is 17.1 Å². The van der Waals surface area contributed by atoms with Gasteiger partial charge in [0.15, 0.2) is 6.61 Å². The van der Waals surface area contributed by atoms with Gasteiger partial charge in [0.05, 0.1) is 5.69 Å². The number of rotatable bonds is 6. The highest BCUT2D eigenvalue weighted by Crippen LogP contribution is 2.29. The van der Waals surface area contributed by atoms with Crippen LogP contribution >= 0.6 is 0 Å². The molecule has 0 saturated heterocycles. The largest absolute Gasteiger partial charge is 0.467 e. The highest BCUT2D eigenvalue weighted by molar-refractivity contribution is 5.90. The molecular formula is C21H22N2O2. The van der Waals surface area contributed by atoms with Gasteiger partial charge in [0.25, 0.3) is 5.91 Å². The highest BCUT2D eigenvalue weighted by atomic mass is 16.5. The monoisotopic (exact) mass is 334 g/mol. The van der Waals surface area contributed by atoms with E-state index < -0.39 is 0 Å². The van der Waals surface area contributed by atoms with Crippen molar-refractivity contribution < 1.29 is 9.53 Å². The molecule has 128 valence electrons. The molecule has 2 aromatic carbocycles. The predicted octanol–water partition coefficient (Wildman–Crippen LogP) is 4.15. The van der Waals surface area contributed by atoms with E-state index in [4.69, 9.17) is 4.74 Å². The molecule has 0 saturated carbocycles. The lowest BCUT2D eigenvalue weighted by molar-refractivity contribution is -0.133. The number of amides is 1. The number of pyridine rings is 1. The van der Waals surface area contributed by atoms with Crippen molar-refractivity contribution >= 4 is 16.7 Å². The van der Waals surface area contributed by atoms with Crippen molar-refractivity contribution in [2.24, 2.45) is 0 Å². The summed E-state index contributed by atoms with van der Waals surface area (Å²) in [5.41, 5.74) is 1.86. The Hall–Kier alpha value is -2.88. The molecular weight excluding hydrogens is 312 g/mol. The van der Waals surface area contributed by atoms with Crippen molar-refractivity contribution in [3.63, 3.8) is 0 Å². The Morgan fingerprint density at radius 2 is 1.68 bits per heavy atom. The molecule has 0 N–H and O–H groups in total. The van der Waals surface area contributed by atoms with Crippen molar-refractivity contribution in [2.75, 3.05) is 19.7 Å². The molecule has 1 heterocycles. The van der Waals surface area contributed by atoms with E-state index in [1.54, 1.807) is 4.90 Å². The molecule has 4 heteroatoms. The average Bonchev–Trinajstić information content (AvgIpc) is 2.67. The molecule has 0 aliphatic heterocycles. The van der Waals surface area contributed by atoms with Crippen LogP contribution in [0.25, 0.3) is 22.0 Å². The molecule has 0 aliphatic rings. The van der Waals surface area contributed by atoms with Crippen LogP contribution in [0, 0.1) is 0 Å². The summed E-state index contributed by atoms with van der Waals surface area (Å²) in [6, 6.07) is 20.0. The number of benzene rings is 2. The van der Waals surface area contributed by atoms with Crippen molar-refractivity contribution in [2.45, 2.75) is 13.8 Å². The average molecular weight is 334 g/mol. The van der Waals surface area contributed by atoms with Gasteiger partial charge in [0, 0.05) is 24.0 Å². The zero-order valence-electron chi connectivity index (χ0n) is 14.6. The Morgan fingerprint density at radius 3 is 2.40 bits per heavy atom. The Kier molecular flexibility index (Phi) is 5.29. The molecule has 1 aromatic heterocycles. The highest BCUT2D eigenvalue weighted by Gasteiger charge is 2.13. The van der Waals surface area contributed by atoms with Gasteiger partial charge in [-0.2, -0.15) is 0 Å². The van der Waals surface area contributed by atoms with Gasteiger partial charge in [-0.25, -0.2) is 4.98 Å². The van der Waals surface area contributed by atoms with Gasteiger partial charge in [0.1, 0.15) is 0 Å². The molecule has 0 unspecified atom stereocenters. The minimum absolute atomic E-state index is 0.00306. The Morgan fingerprint density at radius 1 is 1.00 bits per heavy atom. The molecule has 3 rings (SSSR count). The Balaban J connectivity index is 1.94. The lowest BCUT2D eigenvalue weighted by Gasteiger charge is -2.19. The lowest BCUT2D eigenvalue weighted by atomic mass is 10.1. The number of aromatic nitrogens is 1. The first-order chi connectivity index (χ1) is 12.2. The van der Waals surface area contributed by atoms with E-state index in [0.717, 1.165) is 22.0 Å². The summed E-state index contributed by atoms with van der Waals surface area (Å²) in [5.74, 6) is 0.471. The minimum Gasteiger partial charge on any atom is -0.467 e. The molecule has 0 aliphatic carbocycles. The molecule has 0 bridgehead atoms. The summed E-state index contributed by atoms with van der Waals surface area (Å²) in [6.07, 6.45) is 0. The van der Waals surface area contributed by atoms with Gasteiger partial charge in [-0.15, -0.1) is 0 Å². The van der Waals surface area contributed by atoms with Gasteiger partial charge in [-0.05, 0) is 31.4 Å². The fourth-order valence-electron chi connectivity index (χ4n) is 2.83. The summed E-state index contributed by atoms with van der Waals surface area (Å²) in [6.45, 7) is 5.28. The van der Waals surface area contributed by atoms with E-state index in [-0.39, 0.29) is 12.5 Å². The smallest absolute Gasteiger partial charge is 0.260 e. The number of carbonyl (C=O) groups is 1. The quantitative estimate of drug-likeness (QED) is 0.680. The summed E-state index contributed by atoms with van der Waals surface area (Å²) in [7, 11) is 0. The number of nitrogens with zero attached hydrogens (tertiary/aromatic N) is 2. The van der Waals surface area contributed by atoms with E-state index in [1.807, 2.05) is 74.5 Å². The normalized spacial score (nSPS) is 10.6. The van der Waals surface area contributed by atoms with E-state index in [9.17, 15) is 4.79 Å². The third kappa shape index (κ3) is 3.79. The molecule has 4 nitrogen and oxygen atoms in total. The predicted molar refractivity (Wildman–Crippen MR) is 101 cm³/mol. The molecule has 0 spiro atoms. The second-order valence-corrected chi connectivity index (χ2v) is 5.75. The number of hydrogen-bond donors (Lipinski definition) is 0. The first-order valence-corrected chi connectivity index (χ1v) is 8.58. The zero-order chi connectivity index (χ0) is 17.6. The standard InChI is InChI=1S/C21H22N2O2/c1-3-23(4-2)20(24)15-25-21-18-13-9-8-12-17(18)14-19(22-21)16-10-6-5-7-11-16/h5-14H,3-4,15H2,1-2H3. The van der Waals surface area contributed by atoms with Crippen LogP contribution in [0.1, 0.15) is 13.8 Å². The topological polar surface area (TPSA) is 42.4 Å². The molecule has 1 amide bonds. The van der Waals surface area contributed by atoms with E-state index in [1.165, 1.54) is 0 Å². The SMILES string of the molecule is CCN(CC)C(=O)COc1nc(-c2ccccc2)cc2ccccc12. The van der Waals surface area contributed by atoms with E-state index in [0.29, 0.717) is 19.0 Å². The first-order valence-electron chi connectivity index (χ1n) is 8.58. The maximum Gasteiger partial charge on any atom is 0.260 e. The van der Waals surface area contributed by atoms with Crippen LogP contribution < -0.4 is 4.74 Å². The van der Waals surface area contributed by atoms with Crippen molar-refractivity contribution in [3.05, 3.63) is 60.7 Å². The van der Waals surface area contributed by atoms with Gasteiger partial charge >= 0.3 is 0 Å². The number of carbonyl (C=O) groups excluding carboxylic acids is 1. The Labute approximate surface area is 148 Å². The second-order valence-electron chi connectivity index (χ2n) is 5.75. The van der Waals surface area contributed by atoms with Crippen molar-refractivity contribution in [1.82, 2.24) is 9.88 Å². The summed E-state index contributed by atoms with van der Waals surface area (Å²) in [4.78, 5) is 18.7. The number of likely N-dealkylation sites (N-methyl/N-ethyl adjacent to an activating group) is 1. The summed E-state index contributed by atoms with van der Waals surface area (Å²) < 4.78 is 5.83. The number of ether oxygens (including phenoxy) is 1. The third-order valence-corrected chi connectivity index (χ3v) is 4.22. The van der Waals surface area contributed by atoms with Crippen LogP contribution in [-0.4, -0.2) is 35.5 Å². The molecule has 0 atom stereocenters. The van der Waals surface area contributed by atoms with Gasteiger partial charge in [-0.1, -0.05) is 48.5 Å². The number of fused-ring (bicyclic) bond motifs is 1. The van der Waals surface area contributed by atoms with Crippen LogP contribution in [0.5, 0.6) is 5.88 Å². The lowest BCUT2D eigenvalue weighted by Crippen LogP contribution is -2.34. The van der Waals surface area contributed by atoms with Gasteiger partial charge in [0.2, 0.25) is 5.88 Å². The van der Waals surface area contributed by atoms with E-state index >= 15 is 0 Å². The fraction of sp³-hybridized carbons (Fsp3) is 0.238. The van der Waals surface area contributed by atoms with Crippen LogP contribution in [-0.2, 0) is 4.79 Å². The van der Waals surface area contributed by atoms with Crippen LogP contribution in [0.15, 0.2) is 60.7 Å². The van der Waals surface area contributed by atoms with Crippen LogP contribution in [0.3, 0.4) is 0 Å². The maximum absolute atomic E-state index is 12.2. The molecule has 25 heavy (non-hydrogen) atoms. The molecule has 0 fully saturated rings. The minimum atomic E-state index is -0.0269. The molecule has 3 aromatic rings. The second kappa shape index (κ2) is 7.79. The van der Waals surface area contributed by atoms with Gasteiger partial charge < -0.3 is 9.64 Å². The van der Waals surface area contributed by atoms with Gasteiger partial charge in [-0.3, -0.25) is 4.79 Å². The fourth-order valence-corrected chi connectivity index (χ4v) is 2.83. The number of hydrogen-bond acceptors (Lipinski definition) is 3. The van der Waals surface area contributed by atoms with E-state index in [2.05, 4.69) is 4.98 Å². The third-order valence-electron chi connectivity index (χ3n) is 4.22. The summed E-state index contributed by atoms with van der Waals surface area (Å²) >= 11 is 0.